The van der Waals surface area contributed by atoms with Crippen LogP contribution in [-0.4, -0.2) is 53.7 Å². The molecule has 1 amide bonds. The fraction of sp³-hybridized carbons (Fsp3) is 0.353. The van der Waals surface area contributed by atoms with Gasteiger partial charge in [0, 0.05) is 62.3 Å². The normalized spacial score (nSPS) is 11.7. The number of nitrogens with one attached hydrogen (secondary N) is 1. The number of rotatable bonds is 10. The Morgan fingerprint density at radius 3 is 2.58 bits per heavy atom. The number of aromatic nitrogens is 5. The molecule has 0 atom stereocenters. The predicted molar refractivity (Wildman–Crippen MR) is 171 cm³/mol. The van der Waals surface area contributed by atoms with Crippen molar-refractivity contribution < 1.29 is 9.90 Å². The van der Waals surface area contributed by atoms with Crippen LogP contribution in [0.5, 0.6) is 0 Å². The van der Waals surface area contributed by atoms with Gasteiger partial charge in [0.1, 0.15) is 17.2 Å². The summed E-state index contributed by atoms with van der Waals surface area (Å²) < 4.78 is 3.78. The zero-order chi connectivity index (χ0) is 30.9. The van der Waals surface area contributed by atoms with Gasteiger partial charge in [-0.05, 0) is 62.9 Å². The highest BCUT2D eigenvalue weighted by Gasteiger charge is 2.24. The monoisotopic (exact) mass is 579 g/mol. The number of unbranched alkanes of at least 4 members (excludes halogenated alkanes) is 1. The van der Waals surface area contributed by atoms with Crippen LogP contribution >= 0.6 is 0 Å². The molecule has 3 heterocycles. The van der Waals surface area contributed by atoms with E-state index in [-0.39, 0.29) is 5.91 Å². The van der Waals surface area contributed by atoms with Crippen LogP contribution in [0.4, 0.5) is 5.82 Å². The van der Waals surface area contributed by atoms with Crippen LogP contribution in [0.25, 0.3) is 28.2 Å². The van der Waals surface area contributed by atoms with Gasteiger partial charge in [-0.2, -0.15) is 9.61 Å². The van der Waals surface area contributed by atoms with E-state index >= 15 is 0 Å². The van der Waals surface area contributed by atoms with Crippen LogP contribution in [0.15, 0.2) is 60.9 Å². The van der Waals surface area contributed by atoms with Crippen molar-refractivity contribution in [3.8, 4) is 22.5 Å². The topological polar surface area (TPSA) is 101 Å². The lowest BCUT2D eigenvalue weighted by Crippen LogP contribution is -2.28. The van der Waals surface area contributed by atoms with Crippen LogP contribution in [0.1, 0.15) is 66.5 Å². The summed E-state index contributed by atoms with van der Waals surface area (Å²) in [5.74, 6) is 1.61. The van der Waals surface area contributed by atoms with E-state index in [0.29, 0.717) is 35.8 Å². The van der Waals surface area contributed by atoms with Crippen molar-refractivity contribution in [2.24, 2.45) is 7.05 Å². The zero-order valence-electron chi connectivity index (χ0n) is 26.1. The molecule has 0 saturated heterocycles. The van der Waals surface area contributed by atoms with E-state index in [1.165, 1.54) is 0 Å². The van der Waals surface area contributed by atoms with Crippen molar-refractivity contribution >= 4 is 17.4 Å². The molecule has 0 aliphatic heterocycles. The number of aliphatic hydroxyl groups is 1. The van der Waals surface area contributed by atoms with Crippen molar-refractivity contribution in [2.45, 2.75) is 59.6 Å². The molecule has 0 saturated carbocycles. The molecule has 0 aliphatic carbocycles. The number of carbonyl (C=O) groups excluding carboxylic acids is 1. The molecule has 9 heteroatoms. The molecule has 5 aromatic rings. The molecular formula is C34H41N7O2. The molecule has 0 fully saturated rings. The van der Waals surface area contributed by atoms with Gasteiger partial charge in [-0.1, -0.05) is 43.7 Å². The van der Waals surface area contributed by atoms with Gasteiger partial charge in [-0.25, -0.2) is 9.97 Å². The van der Waals surface area contributed by atoms with Gasteiger partial charge < -0.3 is 19.9 Å². The van der Waals surface area contributed by atoms with Crippen LogP contribution in [0, 0.1) is 13.8 Å². The fourth-order valence-electron chi connectivity index (χ4n) is 5.27. The van der Waals surface area contributed by atoms with Gasteiger partial charge in [0.25, 0.3) is 5.91 Å². The maximum absolute atomic E-state index is 13.4. The third-order valence-corrected chi connectivity index (χ3v) is 7.82. The quantitative estimate of drug-likeness (QED) is 0.207. The standard InChI is InChI=1S/C34H41N7O2/c1-8-9-16-40(7)33(42)27-19-25(14-13-22(27)2)30-23(3)38-41-29(20-28(34(4,5)43)37-32(30)41)36-21-24-11-10-12-26(18-24)31-35-15-17-39(31)6/h10-15,17-20,36,43H,8-9,16,21H2,1-7H3. The molecule has 0 aliphatic rings. The molecule has 224 valence electrons. The number of fused-ring (bicyclic) bond motifs is 1. The molecule has 0 spiro atoms. The third-order valence-electron chi connectivity index (χ3n) is 7.82. The van der Waals surface area contributed by atoms with Crippen LogP contribution in [-0.2, 0) is 19.2 Å². The minimum atomic E-state index is -1.18. The van der Waals surface area contributed by atoms with Gasteiger partial charge in [-0.3, -0.25) is 4.79 Å². The SMILES string of the molecule is CCCCN(C)C(=O)c1cc(-c2c(C)nn3c(NCc4cccc(-c5nccn5C)c4)cc(C(C)(C)O)nc23)ccc1C. The number of carbonyl (C=O) groups is 1. The van der Waals surface area contributed by atoms with Crippen LogP contribution in [0.2, 0.25) is 0 Å². The number of nitrogens with zero attached hydrogens (tertiary/aromatic N) is 6. The van der Waals surface area contributed by atoms with E-state index in [0.717, 1.165) is 52.2 Å². The molecule has 0 bridgehead atoms. The first-order valence-electron chi connectivity index (χ1n) is 14.8. The summed E-state index contributed by atoms with van der Waals surface area (Å²) in [6.07, 6.45) is 5.71. The number of benzene rings is 2. The third kappa shape index (κ3) is 6.17. The van der Waals surface area contributed by atoms with Crippen molar-refractivity contribution in [1.82, 2.24) is 29.0 Å². The molecular weight excluding hydrogens is 538 g/mol. The lowest BCUT2D eigenvalue weighted by Gasteiger charge is -2.20. The average Bonchev–Trinajstić information content (AvgIpc) is 3.56. The lowest BCUT2D eigenvalue weighted by atomic mass is 9.98. The van der Waals surface area contributed by atoms with Crippen molar-refractivity contribution in [1.29, 1.82) is 0 Å². The number of aryl methyl sites for hydroxylation is 3. The molecule has 0 radical (unpaired) electrons. The maximum Gasteiger partial charge on any atom is 0.253 e. The Labute approximate surface area is 253 Å². The van der Waals surface area contributed by atoms with Gasteiger partial charge in [0.05, 0.1) is 11.4 Å². The summed E-state index contributed by atoms with van der Waals surface area (Å²) in [5.41, 5.74) is 6.13. The van der Waals surface area contributed by atoms with Crippen molar-refractivity contribution in [3.05, 3.63) is 89.0 Å². The summed E-state index contributed by atoms with van der Waals surface area (Å²) in [5, 5.41) is 19.4. The van der Waals surface area contributed by atoms with Gasteiger partial charge >= 0.3 is 0 Å². The minimum absolute atomic E-state index is 0.00203. The maximum atomic E-state index is 13.4. The molecule has 5 rings (SSSR count). The minimum Gasteiger partial charge on any atom is -0.384 e. The Hall–Kier alpha value is -4.50. The molecule has 9 nitrogen and oxygen atoms in total. The Kier molecular flexibility index (Phi) is 8.37. The fourth-order valence-corrected chi connectivity index (χ4v) is 5.27. The molecule has 43 heavy (non-hydrogen) atoms. The summed E-state index contributed by atoms with van der Waals surface area (Å²) in [7, 11) is 3.83. The number of amides is 1. The zero-order valence-corrected chi connectivity index (χ0v) is 26.1. The molecule has 2 aromatic carbocycles. The number of anilines is 1. The second kappa shape index (κ2) is 12.0. The Morgan fingerprint density at radius 2 is 1.88 bits per heavy atom. The Morgan fingerprint density at radius 1 is 1.09 bits per heavy atom. The second-order valence-electron chi connectivity index (χ2n) is 11.8. The van der Waals surface area contributed by atoms with E-state index in [1.807, 2.05) is 75.1 Å². The largest absolute Gasteiger partial charge is 0.384 e. The smallest absolute Gasteiger partial charge is 0.253 e. The number of hydrogen-bond donors (Lipinski definition) is 2. The summed E-state index contributed by atoms with van der Waals surface area (Å²) in [6, 6.07) is 16.0. The molecule has 3 aromatic heterocycles. The van der Waals surface area contributed by atoms with E-state index in [1.54, 1.807) is 29.5 Å². The van der Waals surface area contributed by atoms with Crippen molar-refractivity contribution in [2.75, 3.05) is 18.9 Å². The van der Waals surface area contributed by atoms with Gasteiger partial charge in [-0.15, -0.1) is 0 Å². The van der Waals surface area contributed by atoms with Crippen LogP contribution < -0.4 is 5.32 Å². The predicted octanol–water partition coefficient (Wildman–Crippen LogP) is 6.13. The van der Waals surface area contributed by atoms with E-state index < -0.39 is 5.60 Å². The van der Waals surface area contributed by atoms with E-state index in [2.05, 4.69) is 29.4 Å². The summed E-state index contributed by atoms with van der Waals surface area (Å²) in [6.45, 7) is 10.7. The Balaban J connectivity index is 1.55. The summed E-state index contributed by atoms with van der Waals surface area (Å²) >= 11 is 0. The summed E-state index contributed by atoms with van der Waals surface area (Å²) in [4.78, 5) is 24.5. The highest BCUT2D eigenvalue weighted by Crippen LogP contribution is 2.33. The first-order valence-corrected chi connectivity index (χ1v) is 14.8. The van der Waals surface area contributed by atoms with E-state index in [9.17, 15) is 9.90 Å². The molecule has 0 unspecified atom stereocenters. The highest BCUT2D eigenvalue weighted by molar-refractivity contribution is 5.97. The average molecular weight is 580 g/mol. The number of hydrogen-bond acceptors (Lipinski definition) is 6. The van der Waals surface area contributed by atoms with Gasteiger partial charge in [0.15, 0.2) is 5.65 Å². The lowest BCUT2D eigenvalue weighted by molar-refractivity contribution is 0.0740. The molecule has 2 N–H and O–H groups in total. The first kappa shape index (κ1) is 30.0. The Bertz CT molecular complexity index is 1780. The second-order valence-corrected chi connectivity index (χ2v) is 11.8. The highest BCUT2D eigenvalue weighted by atomic mass is 16.3. The van der Waals surface area contributed by atoms with E-state index in [4.69, 9.17) is 10.1 Å². The first-order chi connectivity index (χ1) is 20.5. The van der Waals surface area contributed by atoms with Crippen LogP contribution in [0.3, 0.4) is 0 Å². The van der Waals surface area contributed by atoms with Crippen molar-refractivity contribution in [3.63, 3.8) is 0 Å². The number of imidazole rings is 1. The van der Waals surface area contributed by atoms with Gasteiger partial charge in [0.2, 0.25) is 0 Å².